The summed E-state index contributed by atoms with van der Waals surface area (Å²) in [5.41, 5.74) is 1.25. The van der Waals surface area contributed by atoms with Crippen molar-refractivity contribution in [3.63, 3.8) is 0 Å². The summed E-state index contributed by atoms with van der Waals surface area (Å²) in [6.45, 7) is 16.9. The summed E-state index contributed by atoms with van der Waals surface area (Å²) in [4.78, 5) is 29.8. The number of methoxy groups -OCH3 is 1. The Morgan fingerprint density at radius 1 is 0.919 bits per heavy atom. The SMILES string of the molecule is COC(=O)[C@@]1(C)CC[C@]2(C)CC[C@]3(C)C(=CC(=O)[C@@H]4[C@@]5(C)CCC(N(C)C)C(C)(C)[C@@H]5CC[C@]43C)[C@@H]2C1. The molecule has 0 saturated heterocycles. The van der Waals surface area contributed by atoms with E-state index in [1.807, 2.05) is 0 Å². The third kappa shape index (κ3) is 3.42. The first kappa shape index (κ1) is 27.4. The molecule has 0 amide bonds. The van der Waals surface area contributed by atoms with Crippen LogP contribution < -0.4 is 0 Å². The molecule has 0 N–H and O–H groups in total. The maximum absolute atomic E-state index is 14.5. The fraction of sp³-hybridized carbons (Fsp3) is 0.879. The Balaban J connectivity index is 1.59. The molecule has 4 heteroatoms. The van der Waals surface area contributed by atoms with Gasteiger partial charge in [0.1, 0.15) is 0 Å². The van der Waals surface area contributed by atoms with Gasteiger partial charge >= 0.3 is 5.97 Å². The van der Waals surface area contributed by atoms with Gasteiger partial charge in [0.05, 0.1) is 12.5 Å². The van der Waals surface area contributed by atoms with Crippen molar-refractivity contribution in [2.45, 2.75) is 112 Å². The van der Waals surface area contributed by atoms with E-state index in [9.17, 15) is 9.59 Å². The van der Waals surface area contributed by atoms with Crippen LogP contribution in [0.15, 0.2) is 11.6 Å². The van der Waals surface area contributed by atoms with Gasteiger partial charge in [-0.1, -0.05) is 47.1 Å². The lowest BCUT2D eigenvalue weighted by Gasteiger charge is -2.71. The number of carbonyl (C=O) groups excluding carboxylic acids is 2. The molecule has 0 aromatic carbocycles. The molecule has 0 heterocycles. The van der Waals surface area contributed by atoms with E-state index in [4.69, 9.17) is 4.74 Å². The molecule has 5 aliphatic rings. The highest BCUT2D eigenvalue weighted by molar-refractivity contribution is 5.95. The first-order valence-corrected chi connectivity index (χ1v) is 15.0. The smallest absolute Gasteiger partial charge is 0.311 e. The number of ketones is 1. The van der Waals surface area contributed by atoms with Crippen molar-refractivity contribution in [2.24, 2.45) is 50.2 Å². The highest BCUT2D eigenvalue weighted by atomic mass is 16.5. The molecular formula is C33H53NO3. The third-order valence-corrected chi connectivity index (χ3v) is 13.9. The molecule has 0 aromatic heterocycles. The van der Waals surface area contributed by atoms with Gasteiger partial charge in [0.25, 0.3) is 0 Å². The van der Waals surface area contributed by atoms with Crippen LogP contribution >= 0.6 is 0 Å². The number of ether oxygens (including phenoxy) is 1. The van der Waals surface area contributed by atoms with E-state index in [1.54, 1.807) is 0 Å². The van der Waals surface area contributed by atoms with Crippen LogP contribution in [-0.2, 0) is 14.3 Å². The zero-order valence-corrected chi connectivity index (χ0v) is 25.4. The quantitative estimate of drug-likeness (QED) is 0.372. The molecule has 0 bridgehead atoms. The van der Waals surface area contributed by atoms with Gasteiger partial charge in [-0.15, -0.1) is 0 Å². The minimum absolute atomic E-state index is 0.000637. The van der Waals surface area contributed by atoms with Crippen molar-refractivity contribution in [1.82, 2.24) is 4.90 Å². The number of rotatable bonds is 2. The first-order chi connectivity index (χ1) is 17.0. The van der Waals surface area contributed by atoms with E-state index < -0.39 is 5.41 Å². The van der Waals surface area contributed by atoms with Crippen LogP contribution in [-0.4, -0.2) is 43.9 Å². The second-order valence-electron chi connectivity index (χ2n) is 16.1. The molecule has 4 saturated carbocycles. The van der Waals surface area contributed by atoms with Crippen molar-refractivity contribution < 1.29 is 14.3 Å². The maximum atomic E-state index is 14.5. The third-order valence-electron chi connectivity index (χ3n) is 13.9. The Morgan fingerprint density at radius 3 is 2.19 bits per heavy atom. The van der Waals surface area contributed by atoms with Gasteiger partial charge < -0.3 is 9.64 Å². The van der Waals surface area contributed by atoms with Crippen LogP contribution in [0.3, 0.4) is 0 Å². The van der Waals surface area contributed by atoms with Crippen LogP contribution in [0.25, 0.3) is 0 Å². The van der Waals surface area contributed by atoms with Gasteiger partial charge in [-0.2, -0.15) is 0 Å². The highest BCUT2D eigenvalue weighted by Gasteiger charge is 2.70. The Hall–Kier alpha value is -1.16. The van der Waals surface area contributed by atoms with Gasteiger partial charge in [-0.3, -0.25) is 9.59 Å². The molecule has 0 radical (unpaired) electrons. The standard InChI is InChI=1S/C33H53NO3/c1-28(2)24-11-14-33(7)26(31(24,5)13-12-25(28)34(8)9)23(35)19-21-22-20-30(4,27(36)37-10)16-15-29(22,3)17-18-32(21,33)6/h19,22,24-26H,11-18,20H2,1-10H3/t22-,24-,25?,26+,29+,30-,31-,32+,33+/m0/s1. The number of allylic oxidation sites excluding steroid dienone is 2. The Labute approximate surface area is 226 Å². The number of nitrogens with zero attached hydrogens (tertiary/aromatic N) is 1. The van der Waals surface area contributed by atoms with Gasteiger partial charge in [0, 0.05) is 12.0 Å². The lowest BCUT2D eigenvalue weighted by atomic mass is 9.33. The largest absolute Gasteiger partial charge is 0.469 e. The van der Waals surface area contributed by atoms with Gasteiger partial charge in [0.15, 0.2) is 5.78 Å². The van der Waals surface area contributed by atoms with E-state index in [-0.39, 0.29) is 44.9 Å². The van der Waals surface area contributed by atoms with E-state index in [0.717, 1.165) is 38.5 Å². The predicted octanol–water partition coefficient (Wildman–Crippen LogP) is 7.07. The van der Waals surface area contributed by atoms with Crippen molar-refractivity contribution in [1.29, 1.82) is 0 Å². The highest BCUT2D eigenvalue weighted by Crippen LogP contribution is 2.75. The molecule has 1 unspecified atom stereocenters. The number of fused-ring (bicyclic) bond motifs is 7. The molecule has 0 aromatic rings. The molecule has 37 heavy (non-hydrogen) atoms. The molecule has 0 aliphatic heterocycles. The summed E-state index contributed by atoms with van der Waals surface area (Å²) in [5, 5.41) is 0. The van der Waals surface area contributed by atoms with Crippen LogP contribution in [0.2, 0.25) is 0 Å². The molecular weight excluding hydrogens is 458 g/mol. The maximum Gasteiger partial charge on any atom is 0.311 e. The predicted molar refractivity (Wildman–Crippen MR) is 149 cm³/mol. The zero-order valence-electron chi connectivity index (χ0n) is 25.4. The molecule has 9 atom stereocenters. The fourth-order valence-electron chi connectivity index (χ4n) is 11.5. The number of carbonyl (C=O) groups is 2. The van der Waals surface area contributed by atoms with Crippen molar-refractivity contribution in [3.05, 3.63) is 11.6 Å². The first-order valence-electron chi connectivity index (χ1n) is 15.0. The Kier molecular flexibility index (Phi) is 6.06. The minimum atomic E-state index is -0.461. The molecule has 5 aliphatic carbocycles. The normalized spacial score (nSPS) is 50.8. The summed E-state index contributed by atoms with van der Waals surface area (Å²) < 4.78 is 5.28. The monoisotopic (exact) mass is 511 g/mol. The van der Waals surface area contributed by atoms with Crippen LogP contribution in [0.4, 0.5) is 0 Å². The minimum Gasteiger partial charge on any atom is -0.469 e. The Bertz CT molecular complexity index is 1030. The molecule has 4 nitrogen and oxygen atoms in total. The van der Waals surface area contributed by atoms with E-state index in [1.165, 1.54) is 31.9 Å². The van der Waals surface area contributed by atoms with Crippen LogP contribution in [0.1, 0.15) is 106 Å². The summed E-state index contributed by atoms with van der Waals surface area (Å²) in [6, 6.07) is 0.559. The number of hydrogen-bond acceptors (Lipinski definition) is 4. The molecule has 5 rings (SSSR count). The number of esters is 1. The molecule has 0 spiro atoms. The second kappa shape index (κ2) is 8.18. The van der Waals surface area contributed by atoms with Crippen molar-refractivity contribution >= 4 is 11.8 Å². The summed E-state index contributed by atoms with van der Waals surface area (Å²) in [6.07, 6.45) is 11.8. The van der Waals surface area contributed by atoms with E-state index in [2.05, 4.69) is 73.5 Å². The van der Waals surface area contributed by atoms with Crippen LogP contribution in [0, 0.1) is 50.2 Å². The van der Waals surface area contributed by atoms with Crippen LogP contribution in [0.5, 0.6) is 0 Å². The summed E-state index contributed by atoms with van der Waals surface area (Å²) in [5.74, 6) is 1.21. The lowest BCUT2D eigenvalue weighted by molar-refractivity contribution is -0.194. The average molecular weight is 512 g/mol. The van der Waals surface area contributed by atoms with Gasteiger partial charge in [-0.25, -0.2) is 0 Å². The second-order valence-corrected chi connectivity index (χ2v) is 16.1. The Morgan fingerprint density at radius 2 is 1.57 bits per heavy atom. The lowest BCUT2D eigenvalue weighted by Crippen LogP contribution is -2.67. The van der Waals surface area contributed by atoms with Gasteiger partial charge in [-0.05, 0) is 124 Å². The molecule has 208 valence electrons. The zero-order chi connectivity index (χ0) is 27.4. The van der Waals surface area contributed by atoms with Crippen molar-refractivity contribution in [3.8, 4) is 0 Å². The van der Waals surface area contributed by atoms with E-state index in [0.29, 0.717) is 17.7 Å². The van der Waals surface area contributed by atoms with Gasteiger partial charge in [0.2, 0.25) is 0 Å². The van der Waals surface area contributed by atoms with E-state index >= 15 is 0 Å². The summed E-state index contributed by atoms with van der Waals surface area (Å²) in [7, 11) is 5.98. The topological polar surface area (TPSA) is 46.6 Å². The fourth-order valence-corrected chi connectivity index (χ4v) is 11.5. The number of hydrogen-bond donors (Lipinski definition) is 0. The summed E-state index contributed by atoms with van der Waals surface area (Å²) >= 11 is 0. The average Bonchev–Trinajstić information content (AvgIpc) is 2.80. The van der Waals surface area contributed by atoms with Crippen molar-refractivity contribution in [2.75, 3.05) is 21.2 Å². The molecule has 4 fully saturated rings.